The van der Waals surface area contributed by atoms with E-state index in [1.807, 2.05) is 0 Å². The first-order valence-electron chi connectivity index (χ1n) is 18.5. The number of alkyl halides is 3. The van der Waals surface area contributed by atoms with E-state index in [9.17, 15) is 52.9 Å². The van der Waals surface area contributed by atoms with Gasteiger partial charge in [0.25, 0.3) is 11.8 Å². The Hall–Kier alpha value is -6.67. The number of nitro benzene ring substituents is 2. The van der Waals surface area contributed by atoms with Crippen LogP contribution in [0.15, 0.2) is 78.5 Å². The molecule has 2 aliphatic carbocycles. The molecule has 2 aliphatic heterocycles. The van der Waals surface area contributed by atoms with Crippen molar-refractivity contribution in [3.05, 3.63) is 131 Å². The van der Waals surface area contributed by atoms with Crippen molar-refractivity contribution < 1.29 is 51.7 Å². The van der Waals surface area contributed by atoms with Crippen LogP contribution in [0.4, 0.5) is 46.1 Å². The molecule has 6 atom stereocenters. The Balaban J connectivity index is 1.31. The number of nitro groups is 2. The van der Waals surface area contributed by atoms with Gasteiger partial charge in [-0.05, 0) is 48.6 Å². The van der Waals surface area contributed by atoms with E-state index in [1.54, 1.807) is 6.08 Å². The van der Waals surface area contributed by atoms with Gasteiger partial charge in [-0.15, -0.1) is 0 Å². The zero-order valence-corrected chi connectivity index (χ0v) is 33.4. The summed E-state index contributed by atoms with van der Waals surface area (Å²) in [5.74, 6) is -13.1. The number of anilines is 3. The van der Waals surface area contributed by atoms with Crippen LogP contribution in [0.5, 0.6) is 5.75 Å². The summed E-state index contributed by atoms with van der Waals surface area (Å²) in [5, 5.41) is 35.9. The lowest BCUT2D eigenvalue weighted by atomic mass is 9.49. The maximum absolute atomic E-state index is 15.4. The number of halogens is 6. The summed E-state index contributed by atoms with van der Waals surface area (Å²) in [6, 6.07) is 11.5. The Labute approximate surface area is 356 Å². The fourth-order valence-electron chi connectivity index (χ4n) is 9.60. The van der Waals surface area contributed by atoms with Crippen molar-refractivity contribution in [1.82, 2.24) is 9.99 Å². The summed E-state index contributed by atoms with van der Waals surface area (Å²) in [6.45, 7) is 0. The first-order valence-corrected chi connectivity index (χ1v) is 19.3. The highest BCUT2D eigenvalue weighted by atomic mass is 35.5. The third kappa shape index (κ3) is 6.21. The number of benzene rings is 3. The van der Waals surface area contributed by atoms with Crippen molar-refractivity contribution in [3.63, 3.8) is 0 Å². The van der Waals surface area contributed by atoms with Crippen LogP contribution in [0.25, 0.3) is 0 Å². The third-order valence-corrected chi connectivity index (χ3v) is 12.6. The first-order chi connectivity index (χ1) is 29.2. The number of allylic oxidation sites excluding steroid dienone is 2. The van der Waals surface area contributed by atoms with E-state index >= 15 is 9.18 Å². The molecule has 2 saturated heterocycles. The van der Waals surface area contributed by atoms with Gasteiger partial charge in [-0.25, -0.2) is 14.3 Å². The number of pyridine rings is 1. The molecule has 62 heavy (non-hydrogen) atoms. The van der Waals surface area contributed by atoms with Crippen LogP contribution < -0.4 is 15.2 Å². The zero-order valence-electron chi connectivity index (χ0n) is 31.9. The average Bonchev–Trinajstić information content (AvgIpc) is 3.59. The molecule has 0 radical (unpaired) electrons. The standard InChI is InChI=1S/C40H29Cl2F4N7O9/c1-49(2)32-28(52(59)60)13-20(14-29(32)53(61)62)50-35(55)22-11-10-21-24(30(22)37(50)57)15-25-36(56)51(48-34-26(42)12-18(16-47-34)40(44,45)46)38(58)39(25,17-6-8-19(41)9-7-17)31(21)23-4-3-5-27(43)33(23)54/h3-10,12-14,16,22,24-25,30-31,54H,11,15H2,1-2H3,(H,47,48)/t22-,24+,25-,30-,31+,39+/m0/s1. The molecule has 0 spiro atoms. The predicted molar refractivity (Wildman–Crippen MR) is 212 cm³/mol. The fraction of sp³-hybridized carbons (Fsp3) is 0.275. The van der Waals surface area contributed by atoms with E-state index in [2.05, 4.69) is 10.4 Å². The number of imide groups is 2. The second-order valence-electron chi connectivity index (χ2n) is 15.3. The van der Waals surface area contributed by atoms with Crippen LogP contribution >= 0.6 is 23.2 Å². The Morgan fingerprint density at radius 2 is 1.58 bits per heavy atom. The third-order valence-electron chi connectivity index (χ3n) is 12.0. The van der Waals surface area contributed by atoms with Crippen molar-refractivity contribution >= 4 is 75.4 Å². The molecule has 8 rings (SSSR count). The van der Waals surface area contributed by atoms with E-state index in [1.165, 1.54) is 50.5 Å². The van der Waals surface area contributed by atoms with Crippen molar-refractivity contribution in [2.45, 2.75) is 30.4 Å². The number of hydrogen-bond acceptors (Lipinski definition) is 12. The second kappa shape index (κ2) is 14.8. The molecule has 16 nitrogen and oxygen atoms in total. The molecule has 3 heterocycles. The maximum atomic E-state index is 15.4. The minimum Gasteiger partial charge on any atom is -0.505 e. The predicted octanol–water partition coefficient (Wildman–Crippen LogP) is 7.32. The van der Waals surface area contributed by atoms with E-state index < -0.39 is 125 Å². The van der Waals surface area contributed by atoms with E-state index in [-0.39, 0.29) is 34.6 Å². The molecule has 4 amide bonds. The highest BCUT2D eigenvalue weighted by Crippen LogP contribution is 2.65. The SMILES string of the molecule is CN(C)c1c([N+](=O)[O-])cc(N2C(=O)[C@H]3[C@H](CC=C4[C@H]3C[C@H]3C(=O)N(Nc5ncc(C(F)(F)F)cc5Cl)C(=O)[C@@]3(c3ccc(Cl)cc3)[C@H]4c3cccc(F)c3O)C2=O)cc1[N+](=O)[O-]. The fourth-order valence-corrected chi connectivity index (χ4v) is 9.94. The number of carbonyl (C=O) groups excluding carboxylic acids is 4. The average molecular weight is 899 g/mol. The number of fused-ring (bicyclic) bond motifs is 4. The van der Waals surface area contributed by atoms with Crippen molar-refractivity contribution in [2.24, 2.45) is 23.7 Å². The number of aromatic nitrogens is 1. The number of phenolic OH excluding ortho intramolecular Hbond substituents is 1. The molecule has 4 aromatic rings. The summed E-state index contributed by atoms with van der Waals surface area (Å²) < 4.78 is 56.0. The Morgan fingerprint density at radius 1 is 0.935 bits per heavy atom. The summed E-state index contributed by atoms with van der Waals surface area (Å²) in [5.41, 5.74) is -3.12. The van der Waals surface area contributed by atoms with Gasteiger partial charge in [0.15, 0.2) is 23.1 Å². The quantitative estimate of drug-likeness (QED) is 0.0586. The number of carbonyl (C=O) groups is 4. The first kappa shape index (κ1) is 42.0. The maximum Gasteiger partial charge on any atom is 0.417 e. The molecule has 3 aromatic carbocycles. The van der Waals surface area contributed by atoms with Gasteiger partial charge in [0.2, 0.25) is 11.8 Å². The molecule has 1 saturated carbocycles. The van der Waals surface area contributed by atoms with Crippen molar-refractivity contribution in [3.8, 4) is 5.75 Å². The minimum atomic E-state index is -4.85. The summed E-state index contributed by atoms with van der Waals surface area (Å²) in [6.07, 6.45) is -3.45. The molecule has 2 N–H and O–H groups in total. The van der Waals surface area contributed by atoms with Gasteiger partial charge in [0.05, 0.1) is 49.3 Å². The van der Waals surface area contributed by atoms with E-state index in [0.717, 1.165) is 23.1 Å². The molecule has 22 heteroatoms. The molecular formula is C40H29Cl2F4N7O9. The number of hydrazine groups is 1. The number of amides is 4. The van der Waals surface area contributed by atoms with Gasteiger partial charge in [0.1, 0.15) is 0 Å². The lowest BCUT2D eigenvalue weighted by Gasteiger charge is -2.50. The van der Waals surface area contributed by atoms with Gasteiger partial charge in [-0.3, -0.25) is 44.8 Å². The van der Waals surface area contributed by atoms with Crippen LogP contribution in [0.2, 0.25) is 10.0 Å². The van der Waals surface area contributed by atoms with E-state index in [0.29, 0.717) is 22.2 Å². The van der Waals surface area contributed by atoms with Crippen molar-refractivity contribution in [2.75, 3.05) is 29.3 Å². The molecule has 1 aromatic heterocycles. The van der Waals surface area contributed by atoms with Crippen LogP contribution in [0, 0.1) is 49.7 Å². The van der Waals surface area contributed by atoms with Gasteiger partial charge in [0, 0.05) is 48.9 Å². The Bertz CT molecular complexity index is 2670. The molecule has 4 aliphatic rings. The Morgan fingerprint density at radius 3 is 2.16 bits per heavy atom. The van der Waals surface area contributed by atoms with Gasteiger partial charge in [-0.1, -0.05) is 59.1 Å². The largest absolute Gasteiger partial charge is 0.505 e. The number of rotatable bonds is 8. The topological polar surface area (TPSA) is 209 Å². The molecular weight excluding hydrogens is 869 g/mol. The summed E-state index contributed by atoms with van der Waals surface area (Å²) >= 11 is 12.5. The summed E-state index contributed by atoms with van der Waals surface area (Å²) in [4.78, 5) is 87.3. The normalized spacial score (nSPS) is 24.4. The highest BCUT2D eigenvalue weighted by Gasteiger charge is 2.71. The molecule has 3 fully saturated rings. The number of para-hydroxylation sites is 1. The lowest BCUT2D eigenvalue weighted by Crippen LogP contribution is -2.53. The highest BCUT2D eigenvalue weighted by molar-refractivity contribution is 6.33. The summed E-state index contributed by atoms with van der Waals surface area (Å²) in [7, 11) is 2.67. The lowest BCUT2D eigenvalue weighted by molar-refractivity contribution is -0.392. The number of nitrogens with zero attached hydrogens (tertiary/aromatic N) is 6. The van der Waals surface area contributed by atoms with Gasteiger partial charge < -0.3 is 10.0 Å². The smallest absolute Gasteiger partial charge is 0.417 e. The van der Waals surface area contributed by atoms with E-state index in [4.69, 9.17) is 23.2 Å². The Kier molecular flexibility index (Phi) is 10.0. The zero-order chi connectivity index (χ0) is 44.9. The molecule has 320 valence electrons. The second-order valence-corrected chi connectivity index (χ2v) is 16.2. The number of nitrogens with one attached hydrogen (secondary N) is 1. The van der Waals surface area contributed by atoms with Gasteiger partial charge in [-0.2, -0.15) is 18.2 Å². The van der Waals surface area contributed by atoms with Crippen LogP contribution in [0.3, 0.4) is 0 Å². The van der Waals surface area contributed by atoms with Crippen molar-refractivity contribution in [1.29, 1.82) is 0 Å². The number of phenols is 1. The number of aromatic hydroxyl groups is 1. The van der Waals surface area contributed by atoms with Crippen LogP contribution in [-0.4, -0.2) is 62.7 Å². The number of hydrogen-bond donors (Lipinski definition) is 2. The minimum absolute atomic E-state index is 0.132. The monoisotopic (exact) mass is 897 g/mol. The molecule has 0 unspecified atom stereocenters. The molecule has 0 bridgehead atoms. The van der Waals surface area contributed by atoms with Gasteiger partial charge >= 0.3 is 17.6 Å². The van der Waals surface area contributed by atoms with Crippen LogP contribution in [-0.2, 0) is 30.8 Å². The van der Waals surface area contributed by atoms with Crippen LogP contribution in [0.1, 0.15) is 35.4 Å².